The Morgan fingerprint density at radius 1 is 1.15 bits per heavy atom. The Bertz CT molecular complexity index is 933. The first-order valence-electron chi connectivity index (χ1n) is 8.82. The number of anilines is 1. The van der Waals surface area contributed by atoms with E-state index in [2.05, 4.69) is 26.2 Å². The van der Waals surface area contributed by atoms with Crippen LogP contribution < -0.4 is 15.0 Å². The number of hydrogen-bond acceptors (Lipinski definition) is 4. The predicted octanol–water partition coefficient (Wildman–Crippen LogP) is 3.86. The molecular formula is C21H20BrN3O2. The second kappa shape index (κ2) is 7.19. The van der Waals surface area contributed by atoms with Crippen LogP contribution in [0.1, 0.15) is 18.5 Å². The van der Waals surface area contributed by atoms with Crippen LogP contribution >= 0.6 is 15.9 Å². The van der Waals surface area contributed by atoms with Crippen molar-refractivity contribution in [3.05, 3.63) is 69.8 Å². The molecule has 0 spiro atoms. The van der Waals surface area contributed by atoms with E-state index in [1.54, 1.807) is 7.11 Å². The van der Waals surface area contributed by atoms with E-state index in [1.165, 1.54) is 0 Å². The van der Waals surface area contributed by atoms with Crippen molar-refractivity contribution in [1.82, 2.24) is 5.32 Å². The third-order valence-electron chi connectivity index (χ3n) is 4.92. The average molecular weight is 426 g/mol. The average Bonchev–Trinajstić information content (AvgIpc) is 2.84. The maximum Gasteiger partial charge on any atom is 0.277 e. The summed E-state index contributed by atoms with van der Waals surface area (Å²) in [7, 11) is 1.63. The molecule has 0 aliphatic carbocycles. The second-order valence-electron chi connectivity index (χ2n) is 6.52. The van der Waals surface area contributed by atoms with E-state index >= 15 is 0 Å². The first kappa shape index (κ1) is 17.8. The summed E-state index contributed by atoms with van der Waals surface area (Å²) in [4.78, 5) is 19.8. The van der Waals surface area contributed by atoms with E-state index < -0.39 is 0 Å². The normalized spacial score (nSPS) is 19.4. The predicted molar refractivity (Wildman–Crippen MR) is 110 cm³/mol. The summed E-state index contributed by atoms with van der Waals surface area (Å²) in [6, 6.07) is 15.5. The van der Waals surface area contributed by atoms with Crippen LogP contribution in [-0.2, 0) is 4.79 Å². The highest BCUT2D eigenvalue weighted by Gasteiger charge is 2.44. The molecule has 0 aromatic heterocycles. The topological polar surface area (TPSA) is 53.9 Å². The van der Waals surface area contributed by atoms with Crippen molar-refractivity contribution < 1.29 is 9.53 Å². The smallest absolute Gasteiger partial charge is 0.277 e. The molecule has 0 radical (unpaired) electrons. The van der Waals surface area contributed by atoms with Gasteiger partial charge in [-0.05, 0) is 48.9 Å². The van der Waals surface area contributed by atoms with Gasteiger partial charge >= 0.3 is 0 Å². The van der Waals surface area contributed by atoms with E-state index in [9.17, 15) is 4.79 Å². The van der Waals surface area contributed by atoms with Crippen LogP contribution in [0.4, 0.5) is 5.69 Å². The number of fused-ring (bicyclic) bond motifs is 1. The van der Waals surface area contributed by atoms with Crippen molar-refractivity contribution in [3.8, 4) is 5.75 Å². The largest absolute Gasteiger partial charge is 0.497 e. The van der Waals surface area contributed by atoms with Crippen molar-refractivity contribution in [3.63, 3.8) is 0 Å². The molecule has 1 amide bonds. The molecule has 1 saturated heterocycles. The number of rotatable bonds is 3. The Morgan fingerprint density at radius 3 is 2.52 bits per heavy atom. The second-order valence-corrected chi connectivity index (χ2v) is 7.44. The summed E-state index contributed by atoms with van der Waals surface area (Å²) in [5.74, 6) is 0.695. The third-order valence-corrected chi connectivity index (χ3v) is 5.45. The Balaban J connectivity index is 1.89. The number of aliphatic imine (C=N–C) groups is 1. The zero-order chi connectivity index (χ0) is 19.0. The number of carbonyl (C=O) groups is 1. The first-order valence-corrected chi connectivity index (χ1v) is 9.62. The number of ether oxygens (including phenoxy) is 1. The molecule has 138 valence electrons. The lowest BCUT2D eigenvalue weighted by Crippen LogP contribution is -2.30. The number of methoxy groups -OCH3 is 1. The monoisotopic (exact) mass is 425 g/mol. The van der Waals surface area contributed by atoms with Gasteiger partial charge in [-0.15, -0.1) is 0 Å². The van der Waals surface area contributed by atoms with Crippen LogP contribution in [0.25, 0.3) is 0 Å². The van der Waals surface area contributed by atoms with E-state index in [-0.39, 0.29) is 11.9 Å². The SMILES string of the molecule is COc1ccc(N2C(=O)C3=NCCNC(C)=C3C2c2ccc(Br)cc2)cc1. The summed E-state index contributed by atoms with van der Waals surface area (Å²) in [6.07, 6.45) is 0. The van der Waals surface area contributed by atoms with Crippen LogP contribution in [0.15, 0.2) is 69.3 Å². The van der Waals surface area contributed by atoms with Gasteiger partial charge < -0.3 is 10.1 Å². The molecule has 5 nitrogen and oxygen atoms in total. The van der Waals surface area contributed by atoms with Crippen LogP contribution in [0.2, 0.25) is 0 Å². The molecule has 6 heteroatoms. The molecule has 27 heavy (non-hydrogen) atoms. The molecule has 1 unspecified atom stereocenters. The number of carbonyl (C=O) groups excluding carboxylic acids is 1. The van der Waals surface area contributed by atoms with Crippen molar-refractivity contribution >= 4 is 33.2 Å². The molecule has 0 bridgehead atoms. The zero-order valence-electron chi connectivity index (χ0n) is 15.2. The van der Waals surface area contributed by atoms with Crippen LogP contribution in [0, 0.1) is 0 Å². The fraction of sp³-hybridized carbons (Fsp3) is 0.238. The number of halogens is 1. The van der Waals surface area contributed by atoms with Gasteiger partial charge in [0.2, 0.25) is 0 Å². The summed E-state index contributed by atoms with van der Waals surface area (Å²) >= 11 is 3.49. The van der Waals surface area contributed by atoms with E-state index in [0.717, 1.165) is 39.3 Å². The Kier molecular flexibility index (Phi) is 4.74. The maximum absolute atomic E-state index is 13.3. The molecule has 2 heterocycles. The minimum absolute atomic E-state index is 0.0638. The molecule has 2 aromatic rings. The lowest BCUT2D eigenvalue weighted by Gasteiger charge is -2.26. The van der Waals surface area contributed by atoms with Crippen LogP contribution in [-0.4, -0.2) is 31.8 Å². The maximum atomic E-state index is 13.3. The Morgan fingerprint density at radius 2 is 1.85 bits per heavy atom. The number of amides is 1. The summed E-state index contributed by atoms with van der Waals surface area (Å²) in [6.45, 7) is 3.35. The summed E-state index contributed by atoms with van der Waals surface area (Å²) in [5.41, 5.74) is 4.39. The lowest BCUT2D eigenvalue weighted by molar-refractivity contribution is -0.112. The van der Waals surface area contributed by atoms with Crippen molar-refractivity contribution in [1.29, 1.82) is 0 Å². The number of benzene rings is 2. The third kappa shape index (κ3) is 3.14. The van der Waals surface area contributed by atoms with E-state index in [4.69, 9.17) is 4.74 Å². The van der Waals surface area contributed by atoms with E-state index in [1.807, 2.05) is 60.4 Å². The quantitative estimate of drug-likeness (QED) is 0.811. The highest BCUT2D eigenvalue weighted by atomic mass is 79.9. The van der Waals surface area contributed by atoms with Crippen LogP contribution in [0.3, 0.4) is 0 Å². The van der Waals surface area contributed by atoms with Crippen molar-refractivity contribution in [2.75, 3.05) is 25.1 Å². The standard InChI is InChI=1S/C21H20BrN3O2/c1-13-18-19(24-12-11-23-13)21(26)25(16-7-9-17(27-2)10-8-16)20(18)14-3-5-15(22)6-4-14/h3-10,20,23H,11-12H2,1-2H3. The minimum atomic E-state index is -0.219. The fourth-order valence-corrected chi connectivity index (χ4v) is 3.88. The Labute approximate surface area is 166 Å². The van der Waals surface area contributed by atoms with Gasteiger partial charge in [0.05, 0.1) is 19.7 Å². The van der Waals surface area contributed by atoms with Gasteiger partial charge in [0.25, 0.3) is 5.91 Å². The highest BCUT2D eigenvalue weighted by Crippen LogP contribution is 2.41. The number of nitrogens with zero attached hydrogens (tertiary/aromatic N) is 2. The lowest BCUT2D eigenvalue weighted by atomic mass is 9.96. The number of allylic oxidation sites excluding steroid dienone is 1. The number of hydrogen-bond donors (Lipinski definition) is 1. The van der Waals surface area contributed by atoms with Gasteiger partial charge in [0.15, 0.2) is 0 Å². The van der Waals surface area contributed by atoms with Gasteiger partial charge in [-0.25, -0.2) is 0 Å². The van der Waals surface area contributed by atoms with Gasteiger partial charge in [0.1, 0.15) is 11.5 Å². The van der Waals surface area contributed by atoms with Gasteiger partial charge in [-0.2, -0.15) is 0 Å². The minimum Gasteiger partial charge on any atom is -0.497 e. The molecule has 2 aromatic carbocycles. The van der Waals surface area contributed by atoms with Crippen molar-refractivity contribution in [2.45, 2.75) is 13.0 Å². The summed E-state index contributed by atoms with van der Waals surface area (Å²) in [5, 5.41) is 3.39. The number of nitrogens with one attached hydrogen (secondary N) is 1. The molecule has 0 saturated carbocycles. The molecular weight excluding hydrogens is 406 g/mol. The summed E-state index contributed by atoms with van der Waals surface area (Å²) < 4.78 is 6.26. The molecule has 4 rings (SSSR count). The van der Waals surface area contributed by atoms with Crippen molar-refractivity contribution in [2.24, 2.45) is 4.99 Å². The molecule has 2 aliphatic rings. The van der Waals surface area contributed by atoms with Gasteiger partial charge in [-0.3, -0.25) is 14.7 Å². The Hall–Kier alpha value is -2.60. The van der Waals surface area contributed by atoms with E-state index in [0.29, 0.717) is 12.3 Å². The fourth-order valence-electron chi connectivity index (χ4n) is 3.62. The highest BCUT2D eigenvalue weighted by molar-refractivity contribution is 9.10. The molecule has 2 aliphatic heterocycles. The zero-order valence-corrected chi connectivity index (χ0v) is 16.8. The van der Waals surface area contributed by atoms with Gasteiger partial charge in [-0.1, -0.05) is 28.1 Å². The van der Waals surface area contributed by atoms with Crippen LogP contribution in [0.5, 0.6) is 5.75 Å². The molecule has 1 N–H and O–H groups in total. The van der Waals surface area contributed by atoms with Gasteiger partial charge in [0, 0.05) is 28.0 Å². The first-order chi connectivity index (χ1) is 13.1. The molecule has 1 atom stereocenters. The molecule has 1 fully saturated rings.